The number of anilines is 1. The summed E-state index contributed by atoms with van der Waals surface area (Å²) in [7, 11) is 3.79. The maximum absolute atomic E-state index is 9.99. The van der Waals surface area contributed by atoms with Crippen molar-refractivity contribution in [2.24, 2.45) is 14.1 Å². The standard InChI is InChI=1S/C24H29N7O/c1-24(2,32)9-6-10-25-23-21(20-13-28-31(4)16-20)14-26-22(29-23)18-8-5-7-17(11-18)19-12-27-30(3)15-19/h5,7-8,11-16,32H,6,9-10H2,1-4H3,(H,25,26,29). The van der Waals surface area contributed by atoms with Gasteiger partial charge in [0.15, 0.2) is 5.82 Å². The molecule has 4 rings (SSSR count). The number of rotatable bonds is 8. The van der Waals surface area contributed by atoms with Crippen LogP contribution in [0, 0.1) is 0 Å². The lowest BCUT2D eigenvalue weighted by molar-refractivity contribution is 0.0698. The van der Waals surface area contributed by atoms with Gasteiger partial charge in [-0.2, -0.15) is 10.2 Å². The van der Waals surface area contributed by atoms with Crippen molar-refractivity contribution in [2.75, 3.05) is 11.9 Å². The molecule has 0 aliphatic heterocycles. The third-order valence-corrected chi connectivity index (χ3v) is 5.22. The third kappa shape index (κ3) is 5.20. The van der Waals surface area contributed by atoms with Gasteiger partial charge in [-0.25, -0.2) is 9.97 Å². The molecule has 4 aromatic rings. The highest BCUT2D eigenvalue weighted by atomic mass is 16.3. The van der Waals surface area contributed by atoms with Crippen LogP contribution >= 0.6 is 0 Å². The molecule has 1 aromatic carbocycles. The quantitative estimate of drug-likeness (QED) is 0.411. The Bertz CT molecular complexity index is 1200. The molecule has 0 amide bonds. The molecule has 8 nitrogen and oxygen atoms in total. The summed E-state index contributed by atoms with van der Waals surface area (Å²) in [6.45, 7) is 4.35. The topological polar surface area (TPSA) is 93.7 Å². The van der Waals surface area contributed by atoms with E-state index in [0.717, 1.165) is 40.1 Å². The Labute approximate surface area is 188 Å². The number of nitrogens with zero attached hydrogens (tertiary/aromatic N) is 6. The average Bonchev–Trinajstić information content (AvgIpc) is 3.39. The highest BCUT2D eigenvalue weighted by Crippen LogP contribution is 2.29. The third-order valence-electron chi connectivity index (χ3n) is 5.22. The number of aromatic nitrogens is 6. The van der Waals surface area contributed by atoms with Crippen LogP contribution in [0.4, 0.5) is 5.82 Å². The monoisotopic (exact) mass is 431 g/mol. The SMILES string of the molecule is Cn1cc(-c2cccc(-c3ncc(-c4cnn(C)c4)c(NCCCC(C)(C)O)n3)c2)cn1. The average molecular weight is 432 g/mol. The smallest absolute Gasteiger partial charge is 0.161 e. The van der Waals surface area contributed by atoms with Crippen molar-refractivity contribution >= 4 is 5.82 Å². The molecule has 0 saturated heterocycles. The molecule has 0 atom stereocenters. The largest absolute Gasteiger partial charge is 0.390 e. The molecular formula is C24H29N7O. The van der Waals surface area contributed by atoms with Crippen LogP contribution in [0.25, 0.3) is 33.6 Å². The van der Waals surface area contributed by atoms with E-state index < -0.39 is 5.60 Å². The molecule has 0 bridgehead atoms. The van der Waals surface area contributed by atoms with E-state index in [-0.39, 0.29) is 0 Å². The summed E-state index contributed by atoms with van der Waals surface area (Å²) >= 11 is 0. The Morgan fingerprint density at radius 1 is 0.938 bits per heavy atom. The Morgan fingerprint density at radius 3 is 2.28 bits per heavy atom. The van der Waals surface area contributed by atoms with Gasteiger partial charge < -0.3 is 10.4 Å². The predicted octanol–water partition coefficient (Wildman–Crippen LogP) is 3.91. The summed E-state index contributed by atoms with van der Waals surface area (Å²) in [6, 6.07) is 8.15. The van der Waals surface area contributed by atoms with Crippen LogP contribution in [-0.4, -0.2) is 46.8 Å². The zero-order chi connectivity index (χ0) is 22.7. The Morgan fingerprint density at radius 2 is 1.62 bits per heavy atom. The van der Waals surface area contributed by atoms with E-state index in [0.29, 0.717) is 18.8 Å². The molecule has 3 heterocycles. The molecule has 0 spiro atoms. The molecule has 0 aliphatic rings. The van der Waals surface area contributed by atoms with Crippen molar-refractivity contribution in [3.63, 3.8) is 0 Å². The fourth-order valence-corrected chi connectivity index (χ4v) is 3.56. The highest BCUT2D eigenvalue weighted by molar-refractivity contribution is 5.76. The van der Waals surface area contributed by atoms with Gasteiger partial charge in [-0.15, -0.1) is 0 Å². The molecule has 32 heavy (non-hydrogen) atoms. The first-order chi connectivity index (χ1) is 15.3. The molecule has 0 radical (unpaired) electrons. The first-order valence-electron chi connectivity index (χ1n) is 10.7. The summed E-state index contributed by atoms with van der Waals surface area (Å²) in [5, 5.41) is 22.0. The van der Waals surface area contributed by atoms with Gasteiger partial charge in [-0.05, 0) is 38.3 Å². The Kier molecular flexibility index (Phi) is 6.05. The summed E-state index contributed by atoms with van der Waals surface area (Å²) in [5.74, 6) is 1.40. The van der Waals surface area contributed by atoms with E-state index in [1.807, 2.05) is 71.1 Å². The number of aryl methyl sites for hydroxylation is 2. The lowest BCUT2D eigenvalue weighted by atomic mass is 10.0. The Hall–Kier alpha value is -3.52. The van der Waals surface area contributed by atoms with Gasteiger partial charge in [0.1, 0.15) is 5.82 Å². The minimum absolute atomic E-state index is 0.647. The second kappa shape index (κ2) is 8.92. The molecule has 166 valence electrons. The zero-order valence-corrected chi connectivity index (χ0v) is 18.9. The lowest BCUT2D eigenvalue weighted by Crippen LogP contribution is -2.20. The Balaban J connectivity index is 1.65. The van der Waals surface area contributed by atoms with E-state index in [2.05, 4.69) is 32.6 Å². The highest BCUT2D eigenvalue weighted by Gasteiger charge is 2.15. The van der Waals surface area contributed by atoms with Crippen molar-refractivity contribution in [1.29, 1.82) is 0 Å². The van der Waals surface area contributed by atoms with Crippen molar-refractivity contribution in [3.8, 4) is 33.6 Å². The van der Waals surface area contributed by atoms with Crippen LogP contribution in [0.3, 0.4) is 0 Å². The normalized spacial score (nSPS) is 11.7. The van der Waals surface area contributed by atoms with Gasteiger partial charge in [-0.3, -0.25) is 9.36 Å². The van der Waals surface area contributed by atoms with Crippen LogP contribution in [-0.2, 0) is 14.1 Å². The van der Waals surface area contributed by atoms with E-state index in [1.165, 1.54) is 0 Å². The van der Waals surface area contributed by atoms with Crippen molar-refractivity contribution < 1.29 is 5.11 Å². The van der Waals surface area contributed by atoms with Gasteiger partial charge in [0.2, 0.25) is 0 Å². The molecule has 0 unspecified atom stereocenters. The molecule has 2 N–H and O–H groups in total. The molecular weight excluding hydrogens is 402 g/mol. The van der Waals surface area contributed by atoms with Gasteiger partial charge in [0.05, 0.1) is 18.0 Å². The maximum Gasteiger partial charge on any atom is 0.161 e. The molecule has 8 heteroatoms. The first kappa shape index (κ1) is 21.7. The van der Waals surface area contributed by atoms with Gasteiger partial charge in [-0.1, -0.05) is 18.2 Å². The minimum Gasteiger partial charge on any atom is -0.390 e. The first-order valence-corrected chi connectivity index (χ1v) is 10.7. The summed E-state index contributed by atoms with van der Waals surface area (Å²) < 4.78 is 3.55. The number of benzene rings is 1. The van der Waals surface area contributed by atoms with Crippen LogP contribution in [0.5, 0.6) is 0 Å². The molecule has 0 fully saturated rings. The maximum atomic E-state index is 9.99. The predicted molar refractivity (Wildman–Crippen MR) is 126 cm³/mol. The lowest BCUT2D eigenvalue weighted by Gasteiger charge is -2.17. The van der Waals surface area contributed by atoms with Crippen LogP contribution in [0.1, 0.15) is 26.7 Å². The number of hydrogen-bond acceptors (Lipinski definition) is 6. The summed E-state index contributed by atoms with van der Waals surface area (Å²) in [5.41, 5.74) is 4.21. The minimum atomic E-state index is -0.683. The van der Waals surface area contributed by atoms with Crippen LogP contribution < -0.4 is 5.32 Å². The van der Waals surface area contributed by atoms with E-state index in [9.17, 15) is 5.11 Å². The van der Waals surface area contributed by atoms with E-state index in [4.69, 9.17) is 4.98 Å². The zero-order valence-electron chi connectivity index (χ0n) is 18.9. The van der Waals surface area contributed by atoms with Gasteiger partial charge >= 0.3 is 0 Å². The molecule has 0 saturated carbocycles. The summed E-state index contributed by atoms with van der Waals surface area (Å²) in [4.78, 5) is 9.51. The fourth-order valence-electron chi connectivity index (χ4n) is 3.56. The molecule has 0 aliphatic carbocycles. The molecule has 3 aromatic heterocycles. The van der Waals surface area contributed by atoms with E-state index >= 15 is 0 Å². The number of hydrogen-bond donors (Lipinski definition) is 2. The van der Waals surface area contributed by atoms with E-state index in [1.54, 1.807) is 9.36 Å². The number of aliphatic hydroxyl groups is 1. The van der Waals surface area contributed by atoms with Crippen LogP contribution in [0.15, 0.2) is 55.2 Å². The van der Waals surface area contributed by atoms with Crippen molar-refractivity contribution in [2.45, 2.75) is 32.3 Å². The second-order valence-corrected chi connectivity index (χ2v) is 8.68. The number of nitrogens with one attached hydrogen (secondary N) is 1. The van der Waals surface area contributed by atoms with Crippen molar-refractivity contribution in [3.05, 3.63) is 55.2 Å². The van der Waals surface area contributed by atoms with Crippen molar-refractivity contribution in [1.82, 2.24) is 29.5 Å². The van der Waals surface area contributed by atoms with Gasteiger partial charge in [0, 0.05) is 61.5 Å². The second-order valence-electron chi connectivity index (χ2n) is 8.68. The summed E-state index contributed by atoms with van der Waals surface area (Å²) in [6.07, 6.45) is 11.0. The van der Waals surface area contributed by atoms with Gasteiger partial charge in [0.25, 0.3) is 0 Å². The van der Waals surface area contributed by atoms with Crippen LogP contribution in [0.2, 0.25) is 0 Å². The fraction of sp³-hybridized carbons (Fsp3) is 0.333.